The van der Waals surface area contributed by atoms with Gasteiger partial charge in [-0.3, -0.25) is 0 Å². The van der Waals surface area contributed by atoms with Gasteiger partial charge in [0.05, 0.1) is 10.6 Å². The fourth-order valence-electron chi connectivity index (χ4n) is 2.30. The Hall–Kier alpha value is -1.51. The first-order valence-corrected chi connectivity index (χ1v) is 7.31. The highest BCUT2D eigenvalue weighted by Crippen LogP contribution is 2.45. The Morgan fingerprint density at radius 3 is 2.37 bits per heavy atom. The van der Waals surface area contributed by atoms with Gasteiger partial charge in [0.15, 0.2) is 0 Å². The van der Waals surface area contributed by atoms with E-state index in [-0.39, 0.29) is 0 Å². The lowest BCUT2D eigenvalue weighted by Crippen LogP contribution is -2.08. The van der Waals surface area contributed by atoms with Crippen molar-refractivity contribution in [2.75, 3.05) is 19.0 Å². The van der Waals surface area contributed by atoms with Gasteiger partial charge in [0, 0.05) is 34.8 Å². The summed E-state index contributed by atoms with van der Waals surface area (Å²) in [4.78, 5) is 3.40. The van der Waals surface area contributed by atoms with Crippen LogP contribution in [0.2, 0.25) is 5.02 Å². The molecule has 0 spiro atoms. The number of halogens is 1. The molecular formula is C16H14ClNS. The minimum Gasteiger partial charge on any atom is -0.376 e. The van der Waals surface area contributed by atoms with Crippen molar-refractivity contribution in [3.8, 4) is 10.4 Å². The van der Waals surface area contributed by atoms with Crippen molar-refractivity contribution in [2.24, 2.45) is 0 Å². The Morgan fingerprint density at radius 2 is 1.63 bits per heavy atom. The van der Waals surface area contributed by atoms with E-state index in [2.05, 4.69) is 49.3 Å². The Bertz CT molecular complexity index is 730. The molecule has 0 radical (unpaired) electrons. The van der Waals surface area contributed by atoms with E-state index in [1.54, 1.807) is 11.3 Å². The monoisotopic (exact) mass is 287 g/mol. The van der Waals surface area contributed by atoms with Gasteiger partial charge in [0.2, 0.25) is 0 Å². The van der Waals surface area contributed by atoms with Crippen LogP contribution in [0, 0.1) is 0 Å². The van der Waals surface area contributed by atoms with Gasteiger partial charge in [0.1, 0.15) is 0 Å². The molecule has 1 heterocycles. The Labute approximate surface area is 122 Å². The first-order chi connectivity index (χ1) is 9.18. The van der Waals surface area contributed by atoms with E-state index >= 15 is 0 Å². The minimum atomic E-state index is 0.803. The molecule has 0 fully saturated rings. The summed E-state index contributed by atoms with van der Waals surface area (Å²) in [6, 6.07) is 16.5. The molecule has 1 nitrogen and oxygen atoms in total. The van der Waals surface area contributed by atoms with Crippen LogP contribution in [0.4, 0.5) is 5.69 Å². The summed E-state index contributed by atoms with van der Waals surface area (Å²) in [7, 11) is 4.16. The van der Waals surface area contributed by atoms with Crippen LogP contribution in [0.15, 0.2) is 48.5 Å². The maximum Gasteiger partial charge on any atom is 0.0630 e. The van der Waals surface area contributed by atoms with Crippen molar-refractivity contribution in [1.29, 1.82) is 0 Å². The lowest BCUT2D eigenvalue weighted by molar-refractivity contribution is 1.15. The molecule has 3 rings (SSSR count). The van der Waals surface area contributed by atoms with E-state index < -0.39 is 0 Å². The first kappa shape index (κ1) is 12.5. The van der Waals surface area contributed by atoms with Gasteiger partial charge in [-0.1, -0.05) is 48.0 Å². The molecule has 0 bridgehead atoms. The van der Waals surface area contributed by atoms with Crippen LogP contribution in [-0.4, -0.2) is 14.1 Å². The quantitative estimate of drug-likeness (QED) is 0.619. The Balaban J connectivity index is 2.35. The summed E-state index contributed by atoms with van der Waals surface area (Å²) < 4.78 is 1.29. The molecule has 2 aromatic carbocycles. The molecule has 3 aromatic rings. The number of nitrogens with zero attached hydrogens (tertiary/aromatic N) is 1. The summed E-state index contributed by atoms with van der Waals surface area (Å²) in [6.45, 7) is 0. The number of hydrogen-bond acceptors (Lipinski definition) is 2. The van der Waals surface area contributed by atoms with Crippen molar-refractivity contribution in [3.05, 3.63) is 53.6 Å². The maximum atomic E-state index is 6.35. The highest BCUT2D eigenvalue weighted by molar-refractivity contribution is 7.23. The SMILES string of the molecule is CN(C)c1c(-c2ccccc2Cl)sc2ccccc12. The summed E-state index contributed by atoms with van der Waals surface area (Å²) in [6.07, 6.45) is 0. The number of fused-ring (bicyclic) bond motifs is 1. The van der Waals surface area contributed by atoms with Gasteiger partial charge in [-0.05, 0) is 12.1 Å². The van der Waals surface area contributed by atoms with E-state index in [9.17, 15) is 0 Å². The van der Waals surface area contributed by atoms with Gasteiger partial charge in [0.25, 0.3) is 0 Å². The summed E-state index contributed by atoms with van der Waals surface area (Å²) in [5, 5.41) is 2.09. The fourth-order valence-corrected chi connectivity index (χ4v) is 3.91. The third-order valence-corrected chi connectivity index (χ3v) is 4.66. The van der Waals surface area contributed by atoms with E-state index in [4.69, 9.17) is 11.6 Å². The predicted octanol–water partition coefficient (Wildman–Crippen LogP) is 5.29. The van der Waals surface area contributed by atoms with E-state index in [0.29, 0.717) is 0 Å². The normalized spacial score (nSPS) is 10.9. The summed E-state index contributed by atoms with van der Waals surface area (Å²) >= 11 is 8.14. The highest BCUT2D eigenvalue weighted by Gasteiger charge is 2.16. The third-order valence-electron chi connectivity index (χ3n) is 3.13. The number of thiophene rings is 1. The lowest BCUT2D eigenvalue weighted by atomic mass is 10.1. The second-order valence-corrected chi connectivity index (χ2v) is 6.11. The largest absolute Gasteiger partial charge is 0.376 e. The van der Waals surface area contributed by atoms with Crippen LogP contribution >= 0.6 is 22.9 Å². The van der Waals surface area contributed by atoms with Crippen LogP contribution in [-0.2, 0) is 0 Å². The molecule has 0 aliphatic carbocycles. The smallest absolute Gasteiger partial charge is 0.0630 e. The number of benzene rings is 2. The van der Waals surface area contributed by atoms with Crippen molar-refractivity contribution >= 4 is 38.7 Å². The standard InChI is InChI=1S/C16H14ClNS/c1-18(2)15-12-8-4-6-10-14(12)19-16(15)11-7-3-5-9-13(11)17/h3-10H,1-2H3. The first-order valence-electron chi connectivity index (χ1n) is 6.12. The van der Waals surface area contributed by atoms with Crippen LogP contribution in [0.1, 0.15) is 0 Å². The molecule has 1 aromatic heterocycles. The number of rotatable bonds is 2. The Morgan fingerprint density at radius 1 is 0.947 bits per heavy atom. The van der Waals surface area contributed by atoms with Gasteiger partial charge in [-0.15, -0.1) is 11.3 Å². The summed E-state index contributed by atoms with van der Waals surface area (Å²) in [5.41, 5.74) is 2.35. The zero-order valence-corrected chi connectivity index (χ0v) is 12.4. The van der Waals surface area contributed by atoms with E-state index in [0.717, 1.165) is 10.6 Å². The average molecular weight is 288 g/mol. The zero-order valence-electron chi connectivity index (χ0n) is 10.9. The van der Waals surface area contributed by atoms with Gasteiger partial charge < -0.3 is 4.90 Å². The third kappa shape index (κ3) is 2.11. The van der Waals surface area contributed by atoms with Gasteiger partial charge >= 0.3 is 0 Å². The van der Waals surface area contributed by atoms with Crippen LogP contribution < -0.4 is 4.90 Å². The molecule has 19 heavy (non-hydrogen) atoms. The topological polar surface area (TPSA) is 3.24 Å². The van der Waals surface area contributed by atoms with E-state index in [1.165, 1.54) is 20.7 Å². The molecule has 0 saturated heterocycles. The molecule has 0 aliphatic rings. The molecule has 0 unspecified atom stereocenters. The Kier molecular flexibility index (Phi) is 3.21. The van der Waals surface area contributed by atoms with Crippen molar-refractivity contribution < 1.29 is 0 Å². The minimum absolute atomic E-state index is 0.803. The van der Waals surface area contributed by atoms with Crippen LogP contribution in [0.3, 0.4) is 0 Å². The average Bonchev–Trinajstić information content (AvgIpc) is 2.78. The van der Waals surface area contributed by atoms with Crippen LogP contribution in [0.25, 0.3) is 20.5 Å². The van der Waals surface area contributed by atoms with Crippen molar-refractivity contribution in [2.45, 2.75) is 0 Å². The van der Waals surface area contributed by atoms with Gasteiger partial charge in [-0.25, -0.2) is 0 Å². The molecule has 0 aliphatic heterocycles. The zero-order chi connectivity index (χ0) is 13.4. The van der Waals surface area contributed by atoms with Gasteiger partial charge in [-0.2, -0.15) is 0 Å². The number of anilines is 1. The van der Waals surface area contributed by atoms with E-state index in [1.807, 2.05) is 18.2 Å². The summed E-state index contributed by atoms with van der Waals surface area (Å²) in [5.74, 6) is 0. The molecule has 0 amide bonds. The fraction of sp³-hybridized carbons (Fsp3) is 0.125. The molecule has 0 N–H and O–H groups in total. The molecule has 3 heteroatoms. The maximum absolute atomic E-state index is 6.35. The lowest BCUT2D eigenvalue weighted by Gasteiger charge is -2.15. The molecule has 0 saturated carbocycles. The molecule has 0 atom stereocenters. The molecular weight excluding hydrogens is 274 g/mol. The number of hydrogen-bond donors (Lipinski definition) is 0. The highest BCUT2D eigenvalue weighted by atomic mass is 35.5. The molecule has 96 valence electrons. The second-order valence-electron chi connectivity index (χ2n) is 4.65. The van der Waals surface area contributed by atoms with Crippen molar-refractivity contribution in [3.63, 3.8) is 0 Å². The second kappa shape index (κ2) is 4.87. The van der Waals surface area contributed by atoms with Crippen LogP contribution in [0.5, 0.6) is 0 Å². The van der Waals surface area contributed by atoms with Crippen molar-refractivity contribution in [1.82, 2.24) is 0 Å². The predicted molar refractivity (Wildman–Crippen MR) is 86.6 cm³/mol.